The van der Waals surface area contributed by atoms with Crippen LogP contribution in [0.1, 0.15) is 10.4 Å². The van der Waals surface area contributed by atoms with E-state index < -0.39 is 0 Å². The first-order chi connectivity index (χ1) is 25.9. The minimum absolute atomic E-state index is 0.0254. The lowest BCUT2D eigenvalue weighted by Gasteiger charge is -2.21. The lowest BCUT2D eigenvalue weighted by molar-refractivity contribution is -0.403. The van der Waals surface area contributed by atoms with Gasteiger partial charge >= 0.3 is 0 Å². The lowest BCUT2D eigenvalue weighted by atomic mass is 9.91. The Morgan fingerprint density at radius 3 is 1.89 bits per heavy atom. The molecule has 0 radical (unpaired) electrons. The molecular weight excluding hydrogens is 675 g/mol. The van der Waals surface area contributed by atoms with Crippen molar-refractivity contribution in [3.8, 4) is 11.1 Å². The van der Waals surface area contributed by atoms with Crippen LogP contribution in [0.4, 0.5) is 39.1 Å². The first-order valence-electron chi connectivity index (χ1n) is 17.1. The fraction of sp³-hybridized carbons (Fsp3) is 0.0667. The van der Waals surface area contributed by atoms with Crippen molar-refractivity contribution in [3.63, 3.8) is 0 Å². The highest BCUT2D eigenvalue weighted by Gasteiger charge is 2.29. The second-order valence-electron chi connectivity index (χ2n) is 12.5. The van der Waals surface area contributed by atoms with Gasteiger partial charge in [0.1, 0.15) is 17.7 Å². The van der Waals surface area contributed by atoms with Crippen molar-refractivity contribution in [1.29, 1.82) is 0 Å². The molecule has 1 heterocycles. The summed E-state index contributed by atoms with van der Waals surface area (Å²) in [4.78, 5) is 20.7. The van der Waals surface area contributed by atoms with Gasteiger partial charge in [0.15, 0.2) is 0 Å². The summed E-state index contributed by atoms with van der Waals surface area (Å²) in [6.45, 7) is 8.50. The van der Waals surface area contributed by atoms with Gasteiger partial charge in [0.2, 0.25) is 17.1 Å². The topological polar surface area (TPSA) is 57.0 Å². The van der Waals surface area contributed by atoms with Crippen LogP contribution in [0.15, 0.2) is 169 Å². The molecule has 0 saturated heterocycles. The highest BCUT2D eigenvalue weighted by atomic mass is 32.1. The standard InChI is InChI=1S/C45H36N5O2S/c1-46-43-42(32-16-8-5-9-17-32)44(53-45(43)49(4)39-22-14-15-23-40(39)50(51)52)41(33-24-28-37(29-25-33)47(2)35-18-10-6-11-19-35)34-26-30-38(31-27-34)48(3)36-20-12-7-13-21-36/h5-31H,2-4H3/q+1. The number of hydrogen-bond donors (Lipinski definition) is 0. The zero-order valence-corrected chi connectivity index (χ0v) is 30.4. The van der Waals surface area contributed by atoms with Gasteiger partial charge in [0.25, 0.3) is 5.69 Å². The van der Waals surface area contributed by atoms with E-state index in [1.54, 1.807) is 30.1 Å². The van der Waals surface area contributed by atoms with Crippen LogP contribution in [0, 0.1) is 16.7 Å². The Labute approximate surface area is 313 Å². The molecule has 8 heteroatoms. The Kier molecular flexibility index (Phi) is 9.93. The molecule has 1 aliphatic carbocycles. The zero-order chi connectivity index (χ0) is 36.9. The SMILES string of the molecule is [C-]#[N+]c1c(N(C)c2ccccc2[N+](=O)[O-])sc(C(=C2C=CC(=[N+](C)c3ccccc3)C=C2)c2ccc(N(C)c3ccccc3)cc2)c1-c1ccccc1. The normalized spacial score (nSPS) is 12.0. The number of anilines is 4. The van der Waals surface area contributed by atoms with E-state index in [4.69, 9.17) is 6.57 Å². The maximum Gasteiger partial charge on any atom is 0.292 e. The van der Waals surface area contributed by atoms with E-state index in [0.717, 1.165) is 55.5 Å². The number of benzene rings is 5. The fourth-order valence-electron chi connectivity index (χ4n) is 6.54. The van der Waals surface area contributed by atoms with Crippen molar-refractivity contribution >= 4 is 61.7 Å². The summed E-state index contributed by atoms with van der Waals surface area (Å²) in [5.74, 6) is 0. The number of nitro benzene ring substituents is 1. The molecule has 0 bridgehead atoms. The molecule has 0 unspecified atom stereocenters. The van der Waals surface area contributed by atoms with E-state index in [9.17, 15) is 10.1 Å². The highest BCUT2D eigenvalue weighted by Crippen LogP contribution is 2.54. The van der Waals surface area contributed by atoms with Crippen LogP contribution in [0.5, 0.6) is 0 Å². The molecule has 6 aromatic rings. The van der Waals surface area contributed by atoms with Crippen LogP contribution < -0.4 is 9.80 Å². The Balaban J connectivity index is 1.45. The molecule has 1 aliphatic rings. The molecule has 258 valence electrons. The average molecular weight is 711 g/mol. The molecule has 5 aromatic carbocycles. The van der Waals surface area contributed by atoms with Crippen LogP contribution in [-0.4, -0.2) is 36.4 Å². The zero-order valence-electron chi connectivity index (χ0n) is 29.5. The van der Waals surface area contributed by atoms with Crippen molar-refractivity contribution in [2.45, 2.75) is 0 Å². The van der Waals surface area contributed by atoms with Gasteiger partial charge in [0, 0.05) is 71.8 Å². The Bertz CT molecular complexity index is 2440. The van der Waals surface area contributed by atoms with Gasteiger partial charge in [0.05, 0.1) is 11.5 Å². The van der Waals surface area contributed by atoms with E-state index in [2.05, 4.69) is 101 Å². The predicted octanol–water partition coefficient (Wildman–Crippen LogP) is 11.8. The van der Waals surface area contributed by atoms with E-state index in [1.807, 2.05) is 66.7 Å². The summed E-state index contributed by atoms with van der Waals surface area (Å²) < 4.78 is 2.15. The van der Waals surface area contributed by atoms with Crippen LogP contribution in [0.3, 0.4) is 0 Å². The number of nitrogens with zero attached hydrogens (tertiary/aromatic N) is 5. The second-order valence-corrected chi connectivity index (χ2v) is 13.5. The molecular formula is C45H36N5O2S+. The molecule has 7 rings (SSSR count). The highest BCUT2D eigenvalue weighted by molar-refractivity contribution is 7.18. The summed E-state index contributed by atoms with van der Waals surface area (Å²) in [6.07, 6.45) is 8.49. The molecule has 53 heavy (non-hydrogen) atoms. The Morgan fingerprint density at radius 2 is 1.26 bits per heavy atom. The molecule has 0 amide bonds. The van der Waals surface area contributed by atoms with Gasteiger partial charge in [-0.1, -0.05) is 91.0 Å². The third-order valence-corrected chi connectivity index (χ3v) is 10.7. The average Bonchev–Trinajstić information content (AvgIpc) is 3.60. The van der Waals surface area contributed by atoms with Crippen LogP contribution in [0.25, 0.3) is 21.5 Å². The smallest absolute Gasteiger partial charge is 0.292 e. The minimum atomic E-state index is -0.379. The van der Waals surface area contributed by atoms with Gasteiger partial charge in [-0.2, -0.15) is 4.58 Å². The third kappa shape index (κ3) is 6.94. The molecule has 1 aromatic heterocycles. The predicted molar refractivity (Wildman–Crippen MR) is 220 cm³/mol. The number of hydrogen-bond acceptors (Lipinski definition) is 5. The molecule has 0 fully saturated rings. The summed E-state index contributed by atoms with van der Waals surface area (Å²) in [7, 11) is 5.90. The van der Waals surface area contributed by atoms with E-state index in [-0.39, 0.29) is 10.6 Å². The van der Waals surface area contributed by atoms with Gasteiger partial charge in [-0.15, -0.1) is 11.3 Å². The monoisotopic (exact) mass is 710 g/mol. The number of thiophene rings is 1. The first-order valence-corrected chi connectivity index (χ1v) is 17.9. The van der Waals surface area contributed by atoms with Gasteiger partial charge in [-0.25, -0.2) is 4.85 Å². The molecule has 0 N–H and O–H groups in total. The molecule has 0 aliphatic heterocycles. The Hall–Kier alpha value is -6.82. The van der Waals surface area contributed by atoms with Gasteiger partial charge in [-0.3, -0.25) is 10.1 Å². The molecule has 7 nitrogen and oxygen atoms in total. The van der Waals surface area contributed by atoms with Crippen molar-refractivity contribution < 1.29 is 9.50 Å². The summed E-state index contributed by atoms with van der Waals surface area (Å²) >= 11 is 1.47. The largest absolute Gasteiger partial charge is 0.345 e. The van der Waals surface area contributed by atoms with Crippen LogP contribution in [-0.2, 0) is 0 Å². The number of allylic oxidation sites excluding steroid dienone is 5. The van der Waals surface area contributed by atoms with Gasteiger partial charge in [-0.05, 0) is 59.2 Å². The Morgan fingerprint density at radius 1 is 0.698 bits per heavy atom. The number of rotatable bonds is 9. The van der Waals surface area contributed by atoms with Gasteiger partial charge < -0.3 is 9.80 Å². The second kappa shape index (κ2) is 15.2. The maximum atomic E-state index is 12.1. The molecule has 0 spiro atoms. The molecule has 0 saturated carbocycles. The van der Waals surface area contributed by atoms with Crippen molar-refractivity contribution in [3.05, 3.63) is 201 Å². The lowest BCUT2D eigenvalue weighted by Crippen LogP contribution is -2.10. The maximum absolute atomic E-state index is 12.1. The van der Waals surface area contributed by atoms with Crippen molar-refractivity contribution in [1.82, 2.24) is 0 Å². The first kappa shape index (κ1) is 34.6. The van der Waals surface area contributed by atoms with Crippen molar-refractivity contribution in [2.75, 3.05) is 30.9 Å². The molecule has 0 atom stereocenters. The number of nitro groups is 1. The fourth-order valence-corrected chi connectivity index (χ4v) is 7.86. The summed E-state index contributed by atoms with van der Waals surface area (Å²) in [5, 5.41) is 12.8. The van der Waals surface area contributed by atoms with Crippen LogP contribution >= 0.6 is 11.3 Å². The van der Waals surface area contributed by atoms with Crippen LogP contribution in [0.2, 0.25) is 0 Å². The quantitative estimate of drug-likeness (QED) is 0.0649. The van der Waals surface area contributed by atoms with E-state index in [1.165, 1.54) is 17.4 Å². The van der Waals surface area contributed by atoms with E-state index >= 15 is 0 Å². The third-order valence-electron chi connectivity index (χ3n) is 9.38. The summed E-state index contributed by atoms with van der Waals surface area (Å²) in [5.41, 5.74) is 9.66. The number of para-hydroxylation sites is 4. The minimum Gasteiger partial charge on any atom is -0.345 e. The van der Waals surface area contributed by atoms with Crippen molar-refractivity contribution in [2.24, 2.45) is 0 Å². The summed E-state index contributed by atoms with van der Waals surface area (Å²) in [6, 6.07) is 45.5. The van der Waals surface area contributed by atoms with E-state index in [0.29, 0.717) is 16.4 Å².